The van der Waals surface area contributed by atoms with E-state index in [1.54, 1.807) is 0 Å². The van der Waals surface area contributed by atoms with Crippen LogP contribution in [0.3, 0.4) is 0 Å². The number of hydrogen-bond acceptors (Lipinski definition) is 4. The van der Waals surface area contributed by atoms with Crippen LogP contribution in [0.2, 0.25) is 0 Å². The molecule has 0 spiro atoms. The van der Waals surface area contributed by atoms with Gasteiger partial charge in [-0.2, -0.15) is 0 Å². The van der Waals surface area contributed by atoms with Crippen molar-refractivity contribution in [3.05, 3.63) is 44.3 Å². The van der Waals surface area contributed by atoms with Gasteiger partial charge in [-0.05, 0) is 60.8 Å². The van der Waals surface area contributed by atoms with Gasteiger partial charge in [-0.1, -0.05) is 6.07 Å². The molecule has 2 aromatic rings. The first-order chi connectivity index (χ1) is 10.4. The zero-order valence-corrected chi connectivity index (χ0v) is 14.0. The second kappa shape index (κ2) is 6.21. The fourth-order valence-electron chi connectivity index (χ4n) is 3.42. The van der Waals surface area contributed by atoms with Crippen molar-refractivity contribution >= 4 is 22.7 Å². The Morgan fingerprint density at radius 1 is 1.10 bits per heavy atom. The van der Waals surface area contributed by atoms with Crippen LogP contribution in [-0.2, 0) is 13.1 Å². The number of thiophene rings is 2. The predicted octanol–water partition coefficient (Wildman–Crippen LogP) is 4.35. The van der Waals surface area contributed by atoms with Crippen molar-refractivity contribution in [3.63, 3.8) is 0 Å². The van der Waals surface area contributed by atoms with E-state index >= 15 is 0 Å². The molecule has 4 heteroatoms. The van der Waals surface area contributed by atoms with Crippen LogP contribution in [0.1, 0.15) is 40.6 Å². The maximum atomic E-state index is 2.62. The summed E-state index contributed by atoms with van der Waals surface area (Å²) >= 11 is 3.85. The summed E-state index contributed by atoms with van der Waals surface area (Å²) in [6.07, 6.45) is 4.09. The lowest BCUT2D eigenvalue weighted by Gasteiger charge is -2.40. The van der Waals surface area contributed by atoms with E-state index < -0.39 is 0 Å². The third kappa shape index (κ3) is 3.09. The van der Waals surface area contributed by atoms with Crippen molar-refractivity contribution in [2.24, 2.45) is 0 Å². The molecule has 2 aromatic heterocycles. The predicted molar refractivity (Wildman–Crippen MR) is 90.9 cm³/mol. The monoisotopic (exact) mass is 318 g/mol. The summed E-state index contributed by atoms with van der Waals surface area (Å²) in [6.45, 7) is 6.12. The van der Waals surface area contributed by atoms with E-state index in [1.807, 2.05) is 22.7 Å². The SMILES string of the molecule is c1csc(C2CCN2Cc2cc(CN3CCCC3)cs2)c1. The molecule has 0 N–H and O–H groups in total. The molecule has 1 atom stereocenters. The van der Waals surface area contributed by atoms with Crippen molar-refractivity contribution in [2.75, 3.05) is 19.6 Å². The van der Waals surface area contributed by atoms with Crippen molar-refractivity contribution in [1.29, 1.82) is 0 Å². The van der Waals surface area contributed by atoms with Crippen LogP contribution in [0.15, 0.2) is 29.0 Å². The lowest BCUT2D eigenvalue weighted by Crippen LogP contribution is -2.39. The molecule has 2 aliphatic rings. The topological polar surface area (TPSA) is 6.48 Å². The van der Waals surface area contributed by atoms with E-state index in [2.05, 4.69) is 38.8 Å². The fourth-order valence-corrected chi connectivity index (χ4v) is 5.22. The summed E-state index contributed by atoms with van der Waals surface area (Å²) in [7, 11) is 0. The average Bonchev–Trinajstić information content (AvgIpc) is 3.17. The standard InChI is InChI=1S/C17H22N2S2/c1-2-7-18(6-1)11-14-10-15(21-13-14)12-19-8-5-16(19)17-4-3-9-20-17/h3-4,9-10,13,16H,1-2,5-8,11-12H2. The molecule has 2 fully saturated rings. The van der Waals surface area contributed by atoms with Gasteiger partial charge in [0.1, 0.15) is 0 Å². The molecule has 21 heavy (non-hydrogen) atoms. The van der Waals surface area contributed by atoms with E-state index in [4.69, 9.17) is 0 Å². The van der Waals surface area contributed by atoms with Crippen LogP contribution < -0.4 is 0 Å². The van der Waals surface area contributed by atoms with Crippen LogP contribution in [0.4, 0.5) is 0 Å². The molecule has 2 aliphatic heterocycles. The molecule has 112 valence electrons. The van der Waals surface area contributed by atoms with Crippen LogP contribution in [0.5, 0.6) is 0 Å². The van der Waals surface area contributed by atoms with Gasteiger partial charge in [0.2, 0.25) is 0 Å². The summed E-state index contributed by atoms with van der Waals surface area (Å²) in [5, 5.41) is 4.57. The minimum Gasteiger partial charge on any atom is -0.299 e. The lowest BCUT2D eigenvalue weighted by molar-refractivity contribution is 0.0858. The smallest absolute Gasteiger partial charge is 0.0457 e. The highest BCUT2D eigenvalue weighted by atomic mass is 32.1. The number of likely N-dealkylation sites (tertiary alicyclic amines) is 2. The van der Waals surface area contributed by atoms with Gasteiger partial charge < -0.3 is 0 Å². The molecule has 0 aliphatic carbocycles. The van der Waals surface area contributed by atoms with Gasteiger partial charge in [0.25, 0.3) is 0 Å². The van der Waals surface area contributed by atoms with Gasteiger partial charge >= 0.3 is 0 Å². The first-order valence-electron chi connectivity index (χ1n) is 7.94. The Bertz CT molecular complexity index is 569. The third-order valence-electron chi connectivity index (χ3n) is 4.67. The molecule has 0 radical (unpaired) electrons. The lowest BCUT2D eigenvalue weighted by atomic mass is 10.0. The molecule has 0 amide bonds. The van der Waals surface area contributed by atoms with Gasteiger partial charge in [0, 0.05) is 35.4 Å². The van der Waals surface area contributed by atoms with Gasteiger partial charge in [-0.25, -0.2) is 0 Å². The van der Waals surface area contributed by atoms with Gasteiger partial charge in [-0.3, -0.25) is 9.80 Å². The molecule has 2 nitrogen and oxygen atoms in total. The number of hydrogen-bond donors (Lipinski definition) is 0. The summed E-state index contributed by atoms with van der Waals surface area (Å²) in [4.78, 5) is 8.28. The van der Waals surface area contributed by atoms with E-state index in [1.165, 1.54) is 54.2 Å². The summed E-state index contributed by atoms with van der Waals surface area (Å²) in [6, 6.07) is 7.58. The number of rotatable bonds is 5. The maximum absolute atomic E-state index is 2.62. The summed E-state index contributed by atoms with van der Waals surface area (Å²) in [5.74, 6) is 0. The Hall–Kier alpha value is -0.680. The van der Waals surface area contributed by atoms with Crippen molar-refractivity contribution in [3.8, 4) is 0 Å². The molecular weight excluding hydrogens is 296 g/mol. The van der Waals surface area contributed by atoms with Crippen LogP contribution in [0.25, 0.3) is 0 Å². The zero-order chi connectivity index (χ0) is 14.1. The molecule has 4 rings (SSSR count). The van der Waals surface area contributed by atoms with E-state index in [0.717, 1.165) is 13.1 Å². The Labute approximate surface area is 135 Å². The van der Waals surface area contributed by atoms with Gasteiger partial charge in [-0.15, -0.1) is 22.7 Å². The van der Waals surface area contributed by atoms with Crippen molar-refractivity contribution in [1.82, 2.24) is 9.80 Å². The highest BCUT2D eigenvalue weighted by Gasteiger charge is 2.30. The van der Waals surface area contributed by atoms with Gasteiger partial charge in [0.15, 0.2) is 0 Å². The first-order valence-corrected chi connectivity index (χ1v) is 9.70. The Balaban J connectivity index is 1.35. The average molecular weight is 319 g/mol. The second-order valence-electron chi connectivity index (χ2n) is 6.19. The second-order valence-corrected chi connectivity index (χ2v) is 8.17. The van der Waals surface area contributed by atoms with E-state index in [9.17, 15) is 0 Å². The molecule has 1 unspecified atom stereocenters. The largest absolute Gasteiger partial charge is 0.299 e. The van der Waals surface area contributed by atoms with Crippen LogP contribution in [-0.4, -0.2) is 29.4 Å². The third-order valence-corrected chi connectivity index (χ3v) is 6.62. The molecule has 2 saturated heterocycles. The molecular formula is C17H22N2S2. The van der Waals surface area contributed by atoms with Crippen molar-refractivity contribution in [2.45, 2.75) is 38.4 Å². The van der Waals surface area contributed by atoms with E-state index in [-0.39, 0.29) is 0 Å². The maximum Gasteiger partial charge on any atom is 0.0457 e. The van der Waals surface area contributed by atoms with E-state index in [0.29, 0.717) is 6.04 Å². The van der Waals surface area contributed by atoms with Gasteiger partial charge in [0.05, 0.1) is 0 Å². The highest BCUT2D eigenvalue weighted by molar-refractivity contribution is 7.10. The van der Waals surface area contributed by atoms with Crippen molar-refractivity contribution < 1.29 is 0 Å². The molecule has 0 aromatic carbocycles. The summed E-state index contributed by atoms with van der Waals surface area (Å²) in [5.41, 5.74) is 1.52. The highest BCUT2D eigenvalue weighted by Crippen LogP contribution is 2.37. The normalized spacial score (nSPS) is 23.5. The zero-order valence-electron chi connectivity index (χ0n) is 12.3. The number of nitrogens with zero attached hydrogens (tertiary/aromatic N) is 2. The van der Waals surface area contributed by atoms with Crippen LogP contribution in [0, 0.1) is 0 Å². The Morgan fingerprint density at radius 2 is 2.00 bits per heavy atom. The molecule has 0 saturated carbocycles. The molecule has 4 heterocycles. The summed E-state index contributed by atoms with van der Waals surface area (Å²) < 4.78 is 0. The minimum atomic E-state index is 0.675. The Morgan fingerprint density at radius 3 is 2.71 bits per heavy atom. The Kier molecular flexibility index (Phi) is 4.12. The minimum absolute atomic E-state index is 0.675. The first kappa shape index (κ1) is 13.9. The quantitative estimate of drug-likeness (QED) is 0.808. The molecule has 0 bridgehead atoms. The van der Waals surface area contributed by atoms with Crippen LogP contribution >= 0.6 is 22.7 Å². The fraction of sp³-hybridized carbons (Fsp3) is 0.529.